The molecule has 1 amide bonds. The van der Waals surface area contributed by atoms with Crippen LogP contribution in [0.1, 0.15) is 31.4 Å². The first kappa shape index (κ1) is 18.6. The van der Waals surface area contributed by atoms with E-state index in [0.717, 1.165) is 43.0 Å². The fourth-order valence-corrected chi connectivity index (χ4v) is 2.66. The summed E-state index contributed by atoms with van der Waals surface area (Å²) in [5, 5.41) is 6.34. The summed E-state index contributed by atoms with van der Waals surface area (Å²) in [7, 11) is 3.26. The summed E-state index contributed by atoms with van der Waals surface area (Å²) in [6.07, 6.45) is 2.00. The van der Waals surface area contributed by atoms with E-state index in [4.69, 9.17) is 9.47 Å². The Kier molecular flexibility index (Phi) is 7.48. The van der Waals surface area contributed by atoms with Crippen molar-refractivity contribution in [3.8, 4) is 11.5 Å². The van der Waals surface area contributed by atoms with Gasteiger partial charge in [0.2, 0.25) is 5.91 Å². The number of ether oxygens (including phenoxy) is 2. The summed E-state index contributed by atoms with van der Waals surface area (Å²) < 4.78 is 10.6. The van der Waals surface area contributed by atoms with E-state index >= 15 is 0 Å². The number of nitrogens with one attached hydrogen (secondary N) is 2. The topological polar surface area (TPSA) is 59.6 Å². The maximum atomic E-state index is 12.3. The van der Waals surface area contributed by atoms with Crippen molar-refractivity contribution in [1.82, 2.24) is 10.6 Å². The molecule has 0 spiro atoms. The van der Waals surface area contributed by atoms with Crippen LogP contribution in [0.5, 0.6) is 11.5 Å². The van der Waals surface area contributed by atoms with Crippen LogP contribution in [0.3, 0.4) is 0 Å². The van der Waals surface area contributed by atoms with Gasteiger partial charge in [0.15, 0.2) is 0 Å². The molecule has 1 aromatic carbocycles. The van der Waals surface area contributed by atoms with Gasteiger partial charge in [0.1, 0.15) is 11.5 Å². The predicted octanol–water partition coefficient (Wildman–Crippen LogP) is 2.30. The van der Waals surface area contributed by atoms with Gasteiger partial charge in [-0.2, -0.15) is 0 Å². The van der Waals surface area contributed by atoms with E-state index in [1.165, 1.54) is 0 Å². The Morgan fingerprint density at radius 3 is 2.73 bits per heavy atom. The maximum absolute atomic E-state index is 12.3. The van der Waals surface area contributed by atoms with Crippen LogP contribution in [-0.2, 0) is 4.79 Å². The zero-order chi connectivity index (χ0) is 15.2. The number of hydrogen-bond acceptors (Lipinski definition) is 4. The number of amides is 1. The van der Waals surface area contributed by atoms with Gasteiger partial charge in [-0.15, -0.1) is 12.4 Å². The van der Waals surface area contributed by atoms with Gasteiger partial charge in [0.25, 0.3) is 0 Å². The van der Waals surface area contributed by atoms with Gasteiger partial charge in [0, 0.05) is 12.1 Å². The molecule has 1 saturated heterocycles. The molecule has 5 nitrogen and oxygen atoms in total. The summed E-state index contributed by atoms with van der Waals surface area (Å²) in [4.78, 5) is 12.3. The molecule has 1 fully saturated rings. The average Bonchev–Trinajstić information content (AvgIpc) is 2.54. The lowest BCUT2D eigenvalue weighted by molar-refractivity contribution is -0.126. The van der Waals surface area contributed by atoms with Crippen molar-refractivity contribution in [3.63, 3.8) is 0 Å². The predicted molar refractivity (Wildman–Crippen MR) is 88.9 cm³/mol. The Hall–Kier alpha value is -1.46. The number of carbonyl (C=O) groups is 1. The summed E-state index contributed by atoms with van der Waals surface area (Å²) in [6, 6.07) is 5.49. The first-order valence-electron chi connectivity index (χ1n) is 7.38. The van der Waals surface area contributed by atoms with Crippen LogP contribution in [0.25, 0.3) is 0 Å². The number of rotatable bonds is 5. The molecule has 22 heavy (non-hydrogen) atoms. The van der Waals surface area contributed by atoms with Crippen molar-refractivity contribution >= 4 is 18.3 Å². The largest absolute Gasteiger partial charge is 0.497 e. The third kappa shape index (κ3) is 4.52. The van der Waals surface area contributed by atoms with Crippen LogP contribution < -0.4 is 20.1 Å². The molecule has 2 atom stereocenters. The number of methoxy groups -OCH3 is 2. The van der Waals surface area contributed by atoms with E-state index in [1.54, 1.807) is 14.2 Å². The number of piperidine rings is 1. The molecule has 0 saturated carbocycles. The van der Waals surface area contributed by atoms with Crippen molar-refractivity contribution in [2.24, 2.45) is 5.92 Å². The van der Waals surface area contributed by atoms with Crippen molar-refractivity contribution < 1.29 is 14.3 Å². The van der Waals surface area contributed by atoms with Gasteiger partial charge in [-0.1, -0.05) is 0 Å². The van der Waals surface area contributed by atoms with Crippen LogP contribution in [0.15, 0.2) is 18.2 Å². The number of carbonyl (C=O) groups excluding carboxylic acids is 1. The first-order valence-corrected chi connectivity index (χ1v) is 7.38. The molecule has 1 aliphatic rings. The van der Waals surface area contributed by atoms with E-state index in [0.29, 0.717) is 0 Å². The Labute approximate surface area is 138 Å². The van der Waals surface area contributed by atoms with Gasteiger partial charge < -0.3 is 20.1 Å². The minimum Gasteiger partial charge on any atom is -0.497 e. The second kappa shape index (κ2) is 8.86. The maximum Gasteiger partial charge on any atom is 0.224 e. The molecule has 124 valence electrons. The number of hydrogen-bond donors (Lipinski definition) is 2. The second-order valence-electron chi connectivity index (χ2n) is 5.38. The third-order valence-electron chi connectivity index (χ3n) is 3.93. The standard InChI is InChI=1S/C16H24N2O3.ClH/c1-11(18-16(19)12-5-4-8-17-10-12)14-9-13(20-2)6-7-15(14)21-3;/h6-7,9,11-12,17H,4-5,8,10H2,1-3H3,(H,18,19);1H/t11?,12-;/m1./s1. The molecule has 2 rings (SSSR count). The average molecular weight is 329 g/mol. The van der Waals surface area contributed by atoms with Gasteiger partial charge in [-0.25, -0.2) is 0 Å². The molecular weight excluding hydrogens is 304 g/mol. The van der Waals surface area contributed by atoms with Crippen LogP contribution in [0.4, 0.5) is 0 Å². The molecular formula is C16H25ClN2O3. The molecule has 0 radical (unpaired) electrons. The number of halogens is 1. The molecule has 0 bridgehead atoms. The highest BCUT2D eigenvalue weighted by atomic mass is 35.5. The Morgan fingerprint density at radius 2 is 2.14 bits per heavy atom. The summed E-state index contributed by atoms with van der Waals surface area (Å²) in [5.74, 6) is 1.66. The van der Waals surface area contributed by atoms with E-state index in [1.807, 2.05) is 25.1 Å². The fourth-order valence-electron chi connectivity index (χ4n) is 2.66. The van der Waals surface area contributed by atoms with E-state index in [9.17, 15) is 4.79 Å². The van der Waals surface area contributed by atoms with E-state index in [-0.39, 0.29) is 30.3 Å². The van der Waals surface area contributed by atoms with Crippen LogP contribution in [0, 0.1) is 5.92 Å². The minimum absolute atomic E-state index is 0. The Morgan fingerprint density at radius 1 is 1.36 bits per heavy atom. The van der Waals surface area contributed by atoms with Crippen molar-refractivity contribution in [2.75, 3.05) is 27.3 Å². The summed E-state index contributed by atoms with van der Waals surface area (Å²) in [5.41, 5.74) is 0.925. The highest BCUT2D eigenvalue weighted by Gasteiger charge is 2.23. The molecule has 1 aliphatic heterocycles. The normalized spacial score (nSPS) is 18.8. The van der Waals surface area contributed by atoms with Crippen LogP contribution >= 0.6 is 12.4 Å². The van der Waals surface area contributed by atoms with E-state index in [2.05, 4.69) is 10.6 Å². The first-order chi connectivity index (χ1) is 10.2. The van der Waals surface area contributed by atoms with Crippen molar-refractivity contribution in [1.29, 1.82) is 0 Å². The second-order valence-corrected chi connectivity index (χ2v) is 5.38. The fraction of sp³-hybridized carbons (Fsp3) is 0.562. The third-order valence-corrected chi connectivity index (χ3v) is 3.93. The van der Waals surface area contributed by atoms with Gasteiger partial charge in [0.05, 0.1) is 26.2 Å². The highest BCUT2D eigenvalue weighted by Crippen LogP contribution is 2.29. The van der Waals surface area contributed by atoms with Gasteiger partial charge in [-0.3, -0.25) is 4.79 Å². The molecule has 2 N–H and O–H groups in total. The Bertz CT molecular complexity index is 490. The molecule has 6 heteroatoms. The van der Waals surface area contributed by atoms with E-state index < -0.39 is 0 Å². The zero-order valence-corrected chi connectivity index (χ0v) is 14.2. The molecule has 1 aromatic rings. The molecule has 1 heterocycles. The molecule has 1 unspecified atom stereocenters. The molecule has 0 aliphatic carbocycles. The van der Waals surface area contributed by atoms with Crippen LogP contribution in [0.2, 0.25) is 0 Å². The quantitative estimate of drug-likeness (QED) is 0.870. The lowest BCUT2D eigenvalue weighted by Crippen LogP contribution is -2.41. The zero-order valence-electron chi connectivity index (χ0n) is 13.3. The van der Waals surface area contributed by atoms with Gasteiger partial charge in [-0.05, 0) is 44.5 Å². The SMILES string of the molecule is COc1ccc(OC)c(C(C)NC(=O)[C@@H]2CCCNC2)c1.Cl. The lowest BCUT2D eigenvalue weighted by atomic mass is 9.97. The minimum atomic E-state index is -0.121. The monoisotopic (exact) mass is 328 g/mol. The van der Waals surface area contributed by atoms with Crippen molar-refractivity contribution in [2.45, 2.75) is 25.8 Å². The smallest absolute Gasteiger partial charge is 0.224 e. The summed E-state index contributed by atoms with van der Waals surface area (Å²) in [6.45, 7) is 3.72. The highest BCUT2D eigenvalue weighted by molar-refractivity contribution is 5.85. The Balaban J connectivity index is 0.00000242. The summed E-state index contributed by atoms with van der Waals surface area (Å²) >= 11 is 0. The van der Waals surface area contributed by atoms with Gasteiger partial charge >= 0.3 is 0 Å². The molecule has 0 aromatic heterocycles. The van der Waals surface area contributed by atoms with Crippen LogP contribution in [-0.4, -0.2) is 33.2 Å². The number of benzene rings is 1. The van der Waals surface area contributed by atoms with Crippen molar-refractivity contribution in [3.05, 3.63) is 23.8 Å². The lowest BCUT2D eigenvalue weighted by Gasteiger charge is -2.25.